The molecule has 3 unspecified atom stereocenters. The van der Waals surface area contributed by atoms with Gasteiger partial charge in [0.1, 0.15) is 12.0 Å². The third kappa shape index (κ3) is 2.44. The Kier molecular flexibility index (Phi) is 3.49. The normalized spacial score (nSPS) is 28.5. The lowest BCUT2D eigenvalue weighted by Gasteiger charge is -2.45. The highest BCUT2D eigenvalue weighted by Crippen LogP contribution is 2.49. The summed E-state index contributed by atoms with van der Waals surface area (Å²) >= 11 is 0. The first kappa shape index (κ1) is 14.1. The summed E-state index contributed by atoms with van der Waals surface area (Å²) in [5.74, 6) is 1.85. The van der Waals surface area contributed by atoms with E-state index in [1.165, 1.54) is 6.33 Å². The average Bonchev–Trinajstić information content (AvgIpc) is 2.95. The minimum Gasteiger partial charge on any atom is -0.339 e. The third-order valence-electron chi connectivity index (χ3n) is 5.05. The van der Waals surface area contributed by atoms with Crippen molar-refractivity contribution in [2.45, 2.75) is 45.6 Å². The Bertz CT molecular complexity index is 610. The molecule has 3 atom stereocenters. The van der Waals surface area contributed by atoms with Gasteiger partial charge in [-0.15, -0.1) is 0 Å². The molecule has 3 rings (SSSR count). The summed E-state index contributed by atoms with van der Waals surface area (Å²) in [6.07, 6.45) is 5.12. The van der Waals surface area contributed by atoms with Crippen molar-refractivity contribution in [1.29, 1.82) is 0 Å². The Morgan fingerprint density at radius 2 is 2.14 bits per heavy atom. The van der Waals surface area contributed by atoms with Gasteiger partial charge >= 0.3 is 0 Å². The highest BCUT2D eigenvalue weighted by Gasteiger charge is 2.44. The molecule has 112 valence electrons. The van der Waals surface area contributed by atoms with Crippen molar-refractivity contribution in [3.05, 3.63) is 24.5 Å². The summed E-state index contributed by atoms with van der Waals surface area (Å²) in [5.41, 5.74) is 6.92. The summed E-state index contributed by atoms with van der Waals surface area (Å²) < 4.78 is 5.52. The molecule has 1 fully saturated rings. The first-order chi connectivity index (χ1) is 10.00. The minimum absolute atomic E-state index is 0.0349. The van der Waals surface area contributed by atoms with Crippen LogP contribution in [-0.2, 0) is 0 Å². The van der Waals surface area contributed by atoms with E-state index >= 15 is 0 Å². The van der Waals surface area contributed by atoms with E-state index in [1.807, 2.05) is 0 Å². The molecule has 6 heteroatoms. The number of nitrogens with two attached hydrogens (primary N) is 1. The van der Waals surface area contributed by atoms with Crippen LogP contribution in [0.4, 0.5) is 0 Å². The summed E-state index contributed by atoms with van der Waals surface area (Å²) in [6.45, 7) is 6.67. The first-order valence-electron chi connectivity index (χ1n) is 7.35. The fourth-order valence-corrected chi connectivity index (χ4v) is 3.20. The lowest BCUT2D eigenvalue weighted by Crippen LogP contribution is -2.45. The Hall–Kier alpha value is -1.82. The van der Waals surface area contributed by atoms with Crippen LogP contribution in [0.1, 0.15) is 45.4 Å². The second-order valence-corrected chi connectivity index (χ2v) is 6.45. The zero-order valence-corrected chi connectivity index (χ0v) is 12.7. The van der Waals surface area contributed by atoms with Crippen LogP contribution in [-0.4, -0.2) is 26.2 Å². The molecule has 0 amide bonds. The van der Waals surface area contributed by atoms with Crippen molar-refractivity contribution >= 4 is 0 Å². The lowest BCUT2D eigenvalue weighted by molar-refractivity contribution is 0.0806. The summed E-state index contributed by atoms with van der Waals surface area (Å²) in [5, 5.41) is 4.06. The molecule has 0 saturated heterocycles. The van der Waals surface area contributed by atoms with Gasteiger partial charge in [0.25, 0.3) is 0 Å². The fraction of sp³-hybridized carbons (Fsp3) is 0.600. The number of aromatic nitrogens is 4. The van der Waals surface area contributed by atoms with Gasteiger partial charge in [-0.3, -0.25) is 0 Å². The van der Waals surface area contributed by atoms with Crippen molar-refractivity contribution in [3.63, 3.8) is 0 Å². The van der Waals surface area contributed by atoms with Crippen LogP contribution in [0.25, 0.3) is 11.5 Å². The zero-order chi connectivity index (χ0) is 15.0. The van der Waals surface area contributed by atoms with Crippen LogP contribution in [0.2, 0.25) is 0 Å². The van der Waals surface area contributed by atoms with E-state index in [1.54, 1.807) is 12.3 Å². The molecule has 1 saturated carbocycles. The molecular formula is C15H21N5O. The van der Waals surface area contributed by atoms with Crippen LogP contribution in [0.5, 0.6) is 0 Å². The molecule has 0 spiro atoms. The van der Waals surface area contributed by atoms with Crippen LogP contribution in [0, 0.1) is 11.3 Å². The van der Waals surface area contributed by atoms with E-state index in [4.69, 9.17) is 10.3 Å². The Balaban J connectivity index is 1.90. The molecule has 0 aromatic carbocycles. The number of hydrogen-bond donors (Lipinski definition) is 1. The van der Waals surface area contributed by atoms with Crippen molar-refractivity contribution in [2.75, 3.05) is 0 Å². The molecular weight excluding hydrogens is 266 g/mol. The van der Waals surface area contributed by atoms with Gasteiger partial charge in [0.15, 0.2) is 0 Å². The Morgan fingerprint density at radius 3 is 2.86 bits per heavy atom. The molecule has 0 aliphatic heterocycles. The molecule has 0 bridgehead atoms. The van der Waals surface area contributed by atoms with Crippen LogP contribution in [0.15, 0.2) is 23.1 Å². The van der Waals surface area contributed by atoms with E-state index in [0.29, 0.717) is 23.3 Å². The number of nitrogens with zero attached hydrogens (tertiary/aromatic N) is 4. The summed E-state index contributed by atoms with van der Waals surface area (Å²) in [6, 6.07) is 2.01. The largest absolute Gasteiger partial charge is 0.339 e. The maximum absolute atomic E-state index is 6.21. The van der Waals surface area contributed by atoms with Crippen molar-refractivity contribution in [2.24, 2.45) is 17.1 Å². The van der Waals surface area contributed by atoms with Crippen molar-refractivity contribution in [1.82, 2.24) is 20.1 Å². The van der Waals surface area contributed by atoms with Gasteiger partial charge in [0.05, 0.1) is 0 Å². The van der Waals surface area contributed by atoms with Crippen molar-refractivity contribution < 1.29 is 4.52 Å². The minimum atomic E-state index is 0.0349. The second kappa shape index (κ2) is 5.18. The predicted molar refractivity (Wildman–Crippen MR) is 78.2 cm³/mol. The Morgan fingerprint density at radius 1 is 1.33 bits per heavy atom. The SMILES string of the molecule is CC1C(N)CCC(c2nc(-c3ccncn3)no2)C1(C)C. The van der Waals surface area contributed by atoms with Crippen LogP contribution in [0.3, 0.4) is 0 Å². The van der Waals surface area contributed by atoms with Crippen molar-refractivity contribution in [3.8, 4) is 11.5 Å². The molecule has 21 heavy (non-hydrogen) atoms. The number of hydrogen-bond acceptors (Lipinski definition) is 6. The van der Waals surface area contributed by atoms with Gasteiger partial charge in [-0.1, -0.05) is 25.9 Å². The molecule has 6 nitrogen and oxygen atoms in total. The fourth-order valence-electron chi connectivity index (χ4n) is 3.20. The van der Waals surface area contributed by atoms with Gasteiger partial charge in [-0.2, -0.15) is 4.98 Å². The van der Waals surface area contributed by atoms with E-state index in [-0.39, 0.29) is 17.4 Å². The monoisotopic (exact) mass is 287 g/mol. The maximum Gasteiger partial charge on any atom is 0.230 e. The van der Waals surface area contributed by atoms with E-state index in [9.17, 15) is 0 Å². The molecule has 2 heterocycles. The van der Waals surface area contributed by atoms with Gasteiger partial charge in [0, 0.05) is 18.2 Å². The van der Waals surface area contributed by atoms with E-state index in [2.05, 4.69) is 40.9 Å². The van der Waals surface area contributed by atoms with Crippen LogP contribution >= 0.6 is 0 Å². The predicted octanol–water partition coefficient (Wildman–Crippen LogP) is 2.39. The quantitative estimate of drug-likeness (QED) is 0.912. The van der Waals surface area contributed by atoms with Gasteiger partial charge in [-0.05, 0) is 30.2 Å². The summed E-state index contributed by atoms with van der Waals surface area (Å²) in [4.78, 5) is 12.6. The van der Waals surface area contributed by atoms with Gasteiger partial charge < -0.3 is 10.3 Å². The molecule has 1 aliphatic carbocycles. The molecule has 0 radical (unpaired) electrons. The van der Waals surface area contributed by atoms with E-state index in [0.717, 1.165) is 12.8 Å². The molecule has 2 aromatic rings. The zero-order valence-electron chi connectivity index (χ0n) is 12.7. The molecule has 2 N–H and O–H groups in total. The van der Waals surface area contributed by atoms with Crippen LogP contribution < -0.4 is 5.73 Å². The Labute approximate surface area is 124 Å². The second-order valence-electron chi connectivity index (χ2n) is 6.45. The smallest absolute Gasteiger partial charge is 0.230 e. The standard InChI is InChI=1S/C15H21N5O/c1-9-11(16)5-4-10(15(9,2)3)14-19-13(20-21-14)12-6-7-17-8-18-12/h6-11H,4-5,16H2,1-3H3. The highest BCUT2D eigenvalue weighted by molar-refractivity contribution is 5.46. The highest BCUT2D eigenvalue weighted by atomic mass is 16.5. The summed E-state index contributed by atoms with van der Waals surface area (Å²) in [7, 11) is 0. The maximum atomic E-state index is 6.21. The van der Waals surface area contributed by atoms with Gasteiger partial charge in [0.2, 0.25) is 11.7 Å². The van der Waals surface area contributed by atoms with Gasteiger partial charge in [-0.25, -0.2) is 9.97 Å². The average molecular weight is 287 g/mol. The molecule has 2 aromatic heterocycles. The molecule has 1 aliphatic rings. The lowest BCUT2D eigenvalue weighted by atomic mass is 9.61. The van der Waals surface area contributed by atoms with E-state index < -0.39 is 0 Å². The first-order valence-corrected chi connectivity index (χ1v) is 7.35. The third-order valence-corrected chi connectivity index (χ3v) is 5.05. The topological polar surface area (TPSA) is 90.7 Å². The number of rotatable bonds is 2.